The number of nitrogens with one attached hydrogen (secondary N) is 1. The predicted molar refractivity (Wildman–Crippen MR) is 127 cm³/mol. The minimum atomic E-state index is -0.516. The average Bonchev–Trinajstić information content (AvgIpc) is 2.82. The number of benzene rings is 3. The molecule has 0 spiro atoms. The lowest BCUT2D eigenvalue weighted by molar-refractivity contribution is -0.921. The van der Waals surface area contributed by atoms with Crippen LogP contribution in [0.25, 0.3) is 0 Å². The number of rotatable bonds is 12. The minimum absolute atomic E-state index is 0. The van der Waals surface area contributed by atoms with E-state index in [0.29, 0.717) is 19.2 Å². The van der Waals surface area contributed by atoms with Gasteiger partial charge in [0.1, 0.15) is 25.0 Å². The van der Waals surface area contributed by atoms with Crippen molar-refractivity contribution in [2.45, 2.75) is 38.5 Å². The standard InChI is InChI=1S/C28H33NO2.ClH/c1-3-20-29(23(2)14-15-24-10-6-4-7-11-24)21-28(30)26-16-18-27(19-17-26)31-22-25-12-8-5-9-13-25;/h3-13,16-19,23,28,30H,1,14-15,20-22H2,2H3;1H. The third-order valence-corrected chi connectivity index (χ3v) is 5.78. The summed E-state index contributed by atoms with van der Waals surface area (Å²) in [6, 6.07) is 28.9. The lowest BCUT2D eigenvalue weighted by atomic mass is 10.0. The van der Waals surface area contributed by atoms with Gasteiger partial charge in [-0.3, -0.25) is 0 Å². The highest BCUT2D eigenvalue weighted by molar-refractivity contribution is 5.29. The van der Waals surface area contributed by atoms with Gasteiger partial charge in [0.25, 0.3) is 0 Å². The second kappa shape index (κ2) is 13.7. The molecule has 0 bridgehead atoms. The van der Waals surface area contributed by atoms with Crippen LogP contribution in [-0.2, 0) is 13.0 Å². The summed E-state index contributed by atoms with van der Waals surface area (Å²) in [7, 11) is 0. The minimum Gasteiger partial charge on any atom is -1.00 e. The number of ether oxygens (including phenoxy) is 1. The number of quaternary nitrogens is 1. The maximum Gasteiger partial charge on any atom is 0.128 e. The molecule has 0 aliphatic heterocycles. The van der Waals surface area contributed by atoms with Gasteiger partial charge in [-0.1, -0.05) is 79.4 Å². The van der Waals surface area contributed by atoms with Crippen LogP contribution in [0, 0.1) is 0 Å². The molecular weight excluding hydrogens is 418 g/mol. The molecule has 3 atom stereocenters. The van der Waals surface area contributed by atoms with Gasteiger partial charge in [-0.2, -0.15) is 0 Å². The first-order valence-electron chi connectivity index (χ1n) is 11.1. The summed E-state index contributed by atoms with van der Waals surface area (Å²) in [4.78, 5) is 1.35. The summed E-state index contributed by atoms with van der Waals surface area (Å²) in [6.45, 7) is 8.22. The van der Waals surface area contributed by atoms with Gasteiger partial charge in [0, 0.05) is 6.42 Å². The van der Waals surface area contributed by atoms with Gasteiger partial charge in [-0.05, 0) is 48.2 Å². The van der Waals surface area contributed by atoms with Gasteiger partial charge in [0.2, 0.25) is 0 Å². The predicted octanol–water partition coefficient (Wildman–Crippen LogP) is 1.40. The van der Waals surface area contributed by atoms with Crippen molar-refractivity contribution in [2.24, 2.45) is 0 Å². The van der Waals surface area contributed by atoms with E-state index in [2.05, 4.69) is 43.8 Å². The quantitative estimate of drug-likeness (QED) is 0.408. The van der Waals surface area contributed by atoms with Crippen LogP contribution in [-0.4, -0.2) is 24.2 Å². The van der Waals surface area contributed by atoms with Crippen LogP contribution in [0.4, 0.5) is 0 Å². The van der Waals surface area contributed by atoms with Gasteiger partial charge >= 0.3 is 0 Å². The van der Waals surface area contributed by atoms with Gasteiger partial charge in [0.15, 0.2) is 0 Å². The van der Waals surface area contributed by atoms with Crippen molar-refractivity contribution in [1.82, 2.24) is 0 Å². The molecule has 3 aromatic rings. The molecular formula is C28H34ClNO2. The first-order chi connectivity index (χ1) is 15.2. The van der Waals surface area contributed by atoms with Crippen LogP contribution in [0.5, 0.6) is 5.75 Å². The van der Waals surface area contributed by atoms with E-state index in [0.717, 1.165) is 36.3 Å². The summed E-state index contributed by atoms with van der Waals surface area (Å²) in [5.41, 5.74) is 3.42. The maximum absolute atomic E-state index is 10.9. The Labute approximate surface area is 198 Å². The third-order valence-electron chi connectivity index (χ3n) is 5.78. The molecule has 3 rings (SSSR count). The van der Waals surface area contributed by atoms with E-state index in [1.54, 1.807) is 0 Å². The first-order valence-corrected chi connectivity index (χ1v) is 11.1. The van der Waals surface area contributed by atoms with Crippen molar-refractivity contribution in [3.63, 3.8) is 0 Å². The van der Waals surface area contributed by atoms with E-state index in [1.165, 1.54) is 10.5 Å². The largest absolute Gasteiger partial charge is 1.00 e. The van der Waals surface area contributed by atoms with Crippen molar-refractivity contribution in [2.75, 3.05) is 13.1 Å². The number of aryl methyl sites for hydroxylation is 1. The summed E-state index contributed by atoms with van der Waals surface area (Å²) in [6.07, 6.45) is 3.55. The fraction of sp³-hybridized carbons (Fsp3) is 0.286. The zero-order chi connectivity index (χ0) is 21.9. The van der Waals surface area contributed by atoms with Crippen LogP contribution in [0.15, 0.2) is 97.6 Å². The Morgan fingerprint density at radius 3 is 2.09 bits per heavy atom. The van der Waals surface area contributed by atoms with E-state index < -0.39 is 6.10 Å². The van der Waals surface area contributed by atoms with Crippen molar-refractivity contribution >= 4 is 0 Å². The van der Waals surface area contributed by atoms with Crippen molar-refractivity contribution in [3.05, 3.63) is 114 Å². The maximum atomic E-state index is 10.9. The van der Waals surface area contributed by atoms with Crippen LogP contribution < -0.4 is 22.0 Å². The van der Waals surface area contributed by atoms with Crippen LogP contribution in [0.1, 0.15) is 36.1 Å². The topological polar surface area (TPSA) is 33.9 Å². The number of aliphatic hydroxyl groups is 1. The Hall–Kier alpha value is -2.59. The Morgan fingerprint density at radius 2 is 1.50 bits per heavy atom. The van der Waals surface area contributed by atoms with E-state index in [4.69, 9.17) is 4.74 Å². The van der Waals surface area contributed by atoms with Crippen LogP contribution in [0.3, 0.4) is 0 Å². The van der Waals surface area contributed by atoms with E-state index in [9.17, 15) is 5.11 Å². The molecule has 0 fully saturated rings. The Morgan fingerprint density at radius 1 is 0.906 bits per heavy atom. The zero-order valence-electron chi connectivity index (χ0n) is 18.8. The normalized spacial score (nSPS) is 13.4. The van der Waals surface area contributed by atoms with Crippen molar-refractivity contribution < 1.29 is 27.2 Å². The number of hydrogen-bond donors (Lipinski definition) is 2. The van der Waals surface area contributed by atoms with Gasteiger partial charge < -0.3 is 27.2 Å². The molecule has 0 saturated heterocycles. The molecule has 3 nitrogen and oxygen atoms in total. The van der Waals surface area contributed by atoms with Gasteiger partial charge in [-0.25, -0.2) is 0 Å². The smallest absolute Gasteiger partial charge is 0.128 e. The molecule has 32 heavy (non-hydrogen) atoms. The number of hydrogen-bond acceptors (Lipinski definition) is 2. The highest BCUT2D eigenvalue weighted by Crippen LogP contribution is 2.18. The lowest BCUT2D eigenvalue weighted by Crippen LogP contribution is -3.15. The molecule has 0 aromatic heterocycles. The molecule has 3 unspecified atom stereocenters. The molecule has 2 N–H and O–H groups in total. The number of aliphatic hydroxyl groups excluding tert-OH is 1. The molecule has 4 heteroatoms. The Kier molecular flexibility index (Phi) is 11.0. The van der Waals surface area contributed by atoms with Crippen LogP contribution in [0.2, 0.25) is 0 Å². The summed E-state index contributed by atoms with van der Waals surface area (Å²) < 4.78 is 5.86. The molecule has 0 saturated carbocycles. The van der Waals surface area contributed by atoms with E-state index in [-0.39, 0.29) is 12.4 Å². The molecule has 0 aliphatic carbocycles. The molecule has 0 amide bonds. The first kappa shape index (κ1) is 25.7. The fourth-order valence-corrected chi connectivity index (χ4v) is 3.80. The second-order valence-electron chi connectivity index (χ2n) is 8.14. The average molecular weight is 452 g/mol. The molecule has 3 aromatic carbocycles. The number of halogens is 1. The lowest BCUT2D eigenvalue weighted by Gasteiger charge is -2.27. The second-order valence-corrected chi connectivity index (χ2v) is 8.14. The third kappa shape index (κ3) is 8.16. The molecule has 0 aliphatic rings. The van der Waals surface area contributed by atoms with Gasteiger partial charge in [0.05, 0.1) is 12.6 Å². The highest BCUT2D eigenvalue weighted by atomic mass is 35.5. The summed E-state index contributed by atoms with van der Waals surface area (Å²) >= 11 is 0. The Balaban J connectivity index is 0.00000363. The molecule has 170 valence electrons. The SMILES string of the molecule is C=CC[NH+](CC(O)c1ccc(OCc2ccccc2)cc1)C(C)CCc1ccccc1.[Cl-]. The highest BCUT2D eigenvalue weighted by Gasteiger charge is 2.21. The van der Waals surface area contributed by atoms with Gasteiger partial charge in [-0.15, -0.1) is 0 Å². The zero-order valence-corrected chi connectivity index (χ0v) is 19.5. The monoisotopic (exact) mass is 451 g/mol. The van der Waals surface area contributed by atoms with E-state index in [1.807, 2.05) is 60.7 Å². The fourth-order valence-electron chi connectivity index (χ4n) is 3.80. The van der Waals surface area contributed by atoms with Crippen molar-refractivity contribution in [1.29, 1.82) is 0 Å². The molecule has 0 radical (unpaired) electrons. The molecule has 0 heterocycles. The van der Waals surface area contributed by atoms with Crippen molar-refractivity contribution in [3.8, 4) is 5.75 Å². The summed E-state index contributed by atoms with van der Waals surface area (Å²) in [5.74, 6) is 0.811. The Bertz CT molecular complexity index is 900. The van der Waals surface area contributed by atoms with Crippen LogP contribution >= 0.6 is 0 Å². The summed E-state index contributed by atoms with van der Waals surface area (Å²) in [5, 5.41) is 10.9. The van der Waals surface area contributed by atoms with E-state index >= 15 is 0 Å².